The molecule has 2 heterocycles. The molecule has 106 valence electrons. The summed E-state index contributed by atoms with van der Waals surface area (Å²) in [6, 6.07) is 7.78. The highest BCUT2D eigenvalue weighted by atomic mass is 79.9. The smallest absolute Gasteiger partial charge is 0.0551 e. The highest BCUT2D eigenvalue weighted by molar-refractivity contribution is 9.10. The maximum Gasteiger partial charge on any atom is 0.0551 e. The van der Waals surface area contributed by atoms with E-state index in [-0.39, 0.29) is 12.4 Å². The molecular formula is C14H19BrCl2N2. The van der Waals surface area contributed by atoms with Gasteiger partial charge in [0.25, 0.3) is 0 Å². The fraction of sp³-hybridized carbons (Fsp3) is 0.571. The molecule has 0 spiro atoms. The first-order valence-corrected chi connectivity index (χ1v) is 7.81. The van der Waals surface area contributed by atoms with Crippen LogP contribution in [0.25, 0.3) is 0 Å². The van der Waals surface area contributed by atoms with Crippen molar-refractivity contribution in [2.75, 3.05) is 13.1 Å². The molecule has 0 aliphatic carbocycles. The van der Waals surface area contributed by atoms with Crippen LogP contribution in [0.2, 0.25) is 5.02 Å². The normalized spacial score (nSPS) is 26.8. The van der Waals surface area contributed by atoms with E-state index in [1.165, 1.54) is 31.4 Å². The zero-order valence-corrected chi connectivity index (χ0v) is 13.9. The van der Waals surface area contributed by atoms with Crippen LogP contribution >= 0.6 is 39.9 Å². The molecule has 2 fully saturated rings. The summed E-state index contributed by atoms with van der Waals surface area (Å²) in [6.07, 6.45) is 3.97. The van der Waals surface area contributed by atoms with Crippen LogP contribution in [-0.4, -0.2) is 30.1 Å². The molecule has 1 aromatic rings. The van der Waals surface area contributed by atoms with Crippen LogP contribution in [0.15, 0.2) is 22.7 Å². The van der Waals surface area contributed by atoms with Crippen molar-refractivity contribution in [1.82, 2.24) is 10.2 Å². The summed E-state index contributed by atoms with van der Waals surface area (Å²) < 4.78 is 0.980. The maximum atomic E-state index is 6.17. The highest BCUT2D eigenvalue weighted by Crippen LogP contribution is 2.31. The molecule has 0 radical (unpaired) electrons. The predicted molar refractivity (Wildman–Crippen MR) is 86.2 cm³/mol. The molecule has 3 rings (SSSR count). The van der Waals surface area contributed by atoms with E-state index in [0.717, 1.165) is 28.6 Å². The van der Waals surface area contributed by atoms with E-state index in [1.54, 1.807) is 0 Å². The van der Waals surface area contributed by atoms with E-state index in [0.29, 0.717) is 6.04 Å². The second-order valence-electron chi connectivity index (χ2n) is 5.30. The lowest BCUT2D eigenvalue weighted by atomic mass is 10.1. The van der Waals surface area contributed by atoms with Crippen LogP contribution in [0, 0.1) is 0 Å². The van der Waals surface area contributed by atoms with Crippen molar-refractivity contribution in [1.29, 1.82) is 0 Å². The van der Waals surface area contributed by atoms with Gasteiger partial charge in [0.2, 0.25) is 0 Å². The first-order chi connectivity index (χ1) is 8.74. The molecule has 5 heteroatoms. The third-order valence-electron chi connectivity index (χ3n) is 4.15. The van der Waals surface area contributed by atoms with Gasteiger partial charge in [-0.25, -0.2) is 0 Å². The number of rotatable bonds is 2. The van der Waals surface area contributed by atoms with Gasteiger partial charge in [-0.3, -0.25) is 4.90 Å². The Morgan fingerprint density at radius 2 is 2.05 bits per heavy atom. The van der Waals surface area contributed by atoms with E-state index < -0.39 is 0 Å². The standard InChI is InChI=1S/C14H18BrClN2.ClH/c15-13-4-1-10(7-14(13)16)9-18-11-2-3-12(18)8-17-6-5-11;/h1,4,7,11-12,17H,2-3,5-6,8-9H2;1H. The molecule has 19 heavy (non-hydrogen) atoms. The molecule has 2 unspecified atom stereocenters. The molecular weight excluding hydrogens is 347 g/mol. The molecule has 2 saturated heterocycles. The molecule has 1 N–H and O–H groups in total. The molecule has 2 bridgehead atoms. The minimum Gasteiger partial charge on any atom is -0.315 e. The van der Waals surface area contributed by atoms with Crippen LogP contribution in [0.3, 0.4) is 0 Å². The zero-order chi connectivity index (χ0) is 12.5. The number of halogens is 3. The summed E-state index contributed by atoms with van der Waals surface area (Å²) in [6.45, 7) is 3.34. The van der Waals surface area contributed by atoms with E-state index in [2.05, 4.69) is 44.3 Å². The largest absolute Gasteiger partial charge is 0.315 e. The van der Waals surface area contributed by atoms with Gasteiger partial charge in [-0.1, -0.05) is 17.7 Å². The van der Waals surface area contributed by atoms with Crippen molar-refractivity contribution >= 4 is 39.9 Å². The van der Waals surface area contributed by atoms with Crippen LogP contribution in [-0.2, 0) is 6.54 Å². The van der Waals surface area contributed by atoms with Crippen LogP contribution in [0.5, 0.6) is 0 Å². The quantitative estimate of drug-likeness (QED) is 0.856. The van der Waals surface area contributed by atoms with Crippen LogP contribution < -0.4 is 5.32 Å². The van der Waals surface area contributed by atoms with Crippen molar-refractivity contribution in [2.24, 2.45) is 0 Å². The molecule has 1 aromatic carbocycles. The Labute approximate surface area is 134 Å². The third kappa shape index (κ3) is 3.45. The Kier molecular flexibility index (Phi) is 5.55. The Bertz CT molecular complexity index is 427. The monoisotopic (exact) mass is 364 g/mol. The summed E-state index contributed by atoms with van der Waals surface area (Å²) in [5.74, 6) is 0. The van der Waals surface area contributed by atoms with E-state index in [4.69, 9.17) is 11.6 Å². The average Bonchev–Trinajstić information content (AvgIpc) is 2.58. The highest BCUT2D eigenvalue weighted by Gasteiger charge is 2.34. The Morgan fingerprint density at radius 3 is 2.84 bits per heavy atom. The molecule has 0 saturated carbocycles. The first-order valence-electron chi connectivity index (χ1n) is 6.64. The van der Waals surface area contributed by atoms with Gasteiger partial charge in [0, 0.05) is 29.6 Å². The lowest BCUT2D eigenvalue weighted by molar-refractivity contribution is 0.193. The van der Waals surface area contributed by atoms with E-state index in [9.17, 15) is 0 Å². The number of nitrogens with one attached hydrogen (secondary N) is 1. The summed E-state index contributed by atoms with van der Waals surface area (Å²) >= 11 is 9.62. The number of benzene rings is 1. The maximum absolute atomic E-state index is 6.17. The minimum atomic E-state index is 0. The predicted octanol–water partition coefficient (Wildman–Crippen LogP) is 3.85. The SMILES string of the molecule is Cl.Clc1cc(CN2C3CCNCC2CC3)ccc1Br. The van der Waals surface area contributed by atoms with Crippen molar-refractivity contribution in [3.05, 3.63) is 33.3 Å². The fourth-order valence-electron chi connectivity index (χ4n) is 3.19. The number of hydrogen-bond acceptors (Lipinski definition) is 2. The summed E-state index contributed by atoms with van der Waals surface area (Å²) in [5.41, 5.74) is 1.32. The van der Waals surface area contributed by atoms with Gasteiger partial charge in [-0.15, -0.1) is 12.4 Å². The first kappa shape index (κ1) is 15.6. The number of hydrogen-bond donors (Lipinski definition) is 1. The lowest BCUT2D eigenvalue weighted by Gasteiger charge is -2.27. The van der Waals surface area contributed by atoms with E-state index in [1.807, 2.05) is 0 Å². The van der Waals surface area contributed by atoms with Crippen molar-refractivity contribution in [3.63, 3.8) is 0 Å². The summed E-state index contributed by atoms with van der Waals surface area (Å²) in [4.78, 5) is 2.67. The van der Waals surface area contributed by atoms with Gasteiger partial charge in [-0.05, 0) is 59.4 Å². The van der Waals surface area contributed by atoms with Crippen molar-refractivity contribution in [2.45, 2.75) is 37.9 Å². The second kappa shape index (κ2) is 6.77. The molecule has 2 nitrogen and oxygen atoms in total. The lowest BCUT2D eigenvalue weighted by Crippen LogP contribution is -2.37. The van der Waals surface area contributed by atoms with Crippen LogP contribution in [0.1, 0.15) is 24.8 Å². The summed E-state index contributed by atoms with van der Waals surface area (Å²) in [5, 5.41) is 4.35. The van der Waals surface area contributed by atoms with E-state index >= 15 is 0 Å². The van der Waals surface area contributed by atoms with Gasteiger partial charge in [0.1, 0.15) is 0 Å². The summed E-state index contributed by atoms with van der Waals surface area (Å²) in [7, 11) is 0. The van der Waals surface area contributed by atoms with Crippen molar-refractivity contribution < 1.29 is 0 Å². The van der Waals surface area contributed by atoms with Gasteiger partial charge >= 0.3 is 0 Å². The molecule has 2 atom stereocenters. The minimum absolute atomic E-state index is 0. The average molecular weight is 366 g/mol. The third-order valence-corrected chi connectivity index (χ3v) is 5.39. The second-order valence-corrected chi connectivity index (χ2v) is 6.56. The van der Waals surface area contributed by atoms with Gasteiger partial charge in [0.15, 0.2) is 0 Å². The van der Waals surface area contributed by atoms with Gasteiger partial charge in [0.05, 0.1) is 5.02 Å². The molecule has 0 aromatic heterocycles. The number of nitrogens with zero attached hydrogens (tertiary/aromatic N) is 1. The molecule has 2 aliphatic heterocycles. The Morgan fingerprint density at radius 1 is 1.26 bits per heavy atom. The molecule has 2 aliphatic rings. The molecule has 0 amide bonds. The topological polar surface area (TPSA) is 15.3 Å². The fourth-order valence-corrected chi connectivity index (χ4v) is 3.64. The number of fused-ring (bicyclic) bond motifs is 2. The van der Waals surface area contributed by atoms with Crippen molar-refractivity contribution in [3.8, 4) is 0 Å². The van der Waals surface area contributed by atoms with Gasteiger partial charge in [-0.2, -0.15) is 0 Å². The Hall–Kier alpha value is 0.200. The van der Waals surface area contributed by atoms with Crippen LogP contribution in [0.4, 0.5) is 0 Å². The zero-order valence-electron chi connectivity index (χ0n) is 10.7. The van der Waals surface area contributed by atoms with Gasteiger partial charge < -0.3 is 5.32 Å². The Balaban J connectivity index is 0.00000133.